The fourth-order valence-electron chi connectivity index (χ4n) is 2.46. The molecule has 0 aliphatic carbocycles. The van der Waals surface area contributed by atoms with Crippen molar-refractivity contribution in [1.29, 1.82) is 0 Å². The highest BCUT2D eigenvalue weighted by molar-refractivity contribution is 9.10. The van der Waals surface area contributed by atoms with Crippen LogP contribution in [0.4, 0.5) is 0 Å². The number of aryl methyl sites for hydroxylation is 1. The molecule has 1 N–H and O–H groups in total. The van der Waals surface area contributed by atoms with Crippen LogP contribution in [-0.2, 0) is 0 Å². The molecule has 3 rings (SSSR count). The highest BCUT2D eigenvalue weighted by Gasteiger charge is 2.21. The van der Waals surface area contributed by atoms with Crippen molar-refractivity contribution in [2.45, 2.75) is 6.92 Å². The smallest absolute Gasteiger partial charge is 0.277 e. The Balaban J connectivity index is 1.82. The molecule has 1 amide bonds. The van der Waals surface area contributed by atoms with Crippen LogP contribution >= 0.6 is 15.9 Å². The Kier molecular flexibility index (Phi) is 5.48. The molecule has 1 heterocycles. The summed E-state index contributed by atoms with van der Waals surface area (Å²) in [5.74, 6) is 0.682. The average molecular weight is 414 g/mol. The molecule has 0 atom stereocenters. The average Bonchev–Trinajstić information content (AvgIpc) is 3.04. The summed E-state index contributed by atoms with van der Waals surface area (Å²) in [5, 5.41) is 8.03. The third-order valence-electron chi connectivity index (χ3n) is 3.70. The standard InChI is InChI=1S/C19H16BrN3O3/c1-12-17(18(23-26-12)13-6-4-3-5-7-13)19(24)22-21-11-14-10-15(20)8-9-16(14)25-2/h3-11H,1-2H3,(H,22,24). The number of benzene rings is 2. The zero-order chi connectivity index (χ0) is 18.5. The van der Waals surface area contributed by atoms with E-state index < -0.39 is 5.91 Å². The van der Waals surface area contributed by atoms with Crippen LogP contribution in [-0.4, -0.2) is 24.4 Å². The summed E-state index contributed by atoms with van der Waals surface area (Å²) in [7, 11) is 1.58. The molecule has 7 heteroatoms. The van der Waals surface area contributed by atoms with E-state index in [0.29, 0.717) is 22.8 Å². The molecule has 0 aliphatic heterocycles. The number of carbonyl (C=O) groups is 1. The first-order valence-electron chi connectivity index (χ1n) is 7.78. The summed E-state index contributed by atoms with van der Waals surface area (Å²) in [6, 6.07) is 14.9. The monoisotopic (exact) mass is 413 g/mol. The highest BCUT2D eigenvalue weighted by atomic mass is 79.9. The zero-order valence-corrected chi connectivity index (χ0v) is 15.8. The lowest BCUT2D eigenvalue weighted by Crippen LogP contribution is -2.19. The highest BCUT2D eigenvalue weighted by Crippen LogP contribution is 2.25. The number of nitrogens with zero attached hydrogens (tertiary/aromatic N) is 2. The van der Waals surface area contributed by atoms with Crippen LogP contribution in [0.1, 0.15) is 21.7 Å². The molecule has 0 saturated heterocycles. The summed E-state index contributed by atoms with van der Waals surface area (Å²) >= 11 is 3.40. The largest absolute Gasteiger partial charge is 0.496 e. The Morgan fingerprint density at radius 3 is 2.77 bits per heavy atom. The second-order valence-electron chi connectivity index (χ2n) is 5.41. The van der Waals surface area contributed by atoms with Crippen molar-refractivity contribution < 1.29 is 14.1 Å². The van der Waals surface area contributed by atoms with E-state index in [9.17, 15) is 4.79 Å². The number of nitrogens with one attached hydrogen (secondary N) is 1. The van der Waals surface area contributed by atoms with Gasteiger partial charge in [-0.25, -0.2) is 5.43 Å². The lowest BCUT2D eigenvalue weighted by Gasteiger charge is -2.05. The van der Waals surface area contributed by atoms with Crippen LogP contribution in [0.25, 0.3) is 11.3 Å². The number of hydrazone groups is 1. The lowest BCUT2D eigenvalue weighted by atomic mass is 10.1. The van der Waals surface area contributed by atoms with E-state index in [1.807, 2.05) is 48.5 Å². The van der Waals surface area contributed by atoms with Gasteiger partial charge in [-0.1, -0.05) is 51.4 Å². The summed E-state index contributed by atoms with van der Waals surface area (Å²) in [6.07, 6.45) is 1.52. The van der Waals surface area contributed by atoms with Crippen molar-refractivity contribution in [1.82, 2.24) is 10.6 Å². The van der Waals surface area contributed by atoms with Crippen LogP contribution in [0.3, 0.4) is 0 Å². The molecule has 26 heavy (non-hydrogen) atoms. The van der Waals surface area contributed by atoms with Gasteiger partial charge in [-0.3, -0.25) is 4.79 Å². The van der Waals surface area contributed by atoms with E-state index in [0.717, 1.165) is 15.6 Å². The van der Waals surface area contributed by atoms with Gasteiger partial charge in [0.15, 0.2) is 0 Å². The first-order valence-corrected chi connectivity index (χ1v) is 8.58. The molecular formula is C19H16BrN3O3. The number of halogens is 1. The minimum atomic E-state index is -0.396. The fraction of sp³-hybridized carbons (Fsp3) is 0.105. The third kappa shape index (κ3) is 3.83. The first-order chi connectivity index (χ1) is 12.6. The normalized spacial score (nSPS) is 10.9. The van der Waals surface area contributed by atoms with Gasteiger partial charge in [0.25, 0.3) is 5.91 Å². The number of ether oxygens (including phenoxy) is 1. The molecule has 1 aromatic heterocycles. The number of hydrogen-bond acceptors (Lipinski definition) is 5. The van der Waals surface area contributed by atoms with Gasteiger partial charge >= 0.3 is 0 Å². The molecule has 6 nitrogen and oxygen atoms in total. The van der Waals surface area contributed by atoms with Crippen LogP contribution in [0, 0.1) is 6.92 Å². The van der Waals surface area contributed by atoms with E-state index in [1.165, 1.54) is 6.21 Å². The number of aromatic nitrogens is 1. The molecule has 0 aliphatic rings. The van der Waals surface area contributed by atoms with E-state index in [4.69, 9.17) is 9.26 Å². The maximum absolute atomic E-state index is 12.6. The topological polar surface area (TPSA) is 76.7 Å². The summed E-state index contributed by atoms with van der Waals surface area (Å²) in [4.78, 5) is 12.6. The molecule has 0 fully saturated rings. The van der Waals surface area contributed by atoms with Gasteiger partial charge in [0, 0.05) is 15.6 Å². The fourth-order valence-corrected chi connectivity index (χ4v) is 2.83. The van der Waals surface area contributed by atoms with E-state index in [1.54, 1.807) is 14.0 Å². The quantitative estimate of drug-likeness (QED) is 0.502. The minimum Gasteiger partial charge on any atom is -0.496 e. The number of amides is 1. The van der Waals surface area contributed by atoms with Gasteiger partial charge in [-0.15, -0.1) is 0 Å². The predicted molar refractivity (Wildman–Crippen MR) is 102 cm³/mol. The Morgan fingerprint density at radius 2 is 2.04 bits per heavy atom. The van der Waals surface area contributed by atoms with Crippen LogP contribution in [0.2, 0.25) is 0 Å². The second kappa shape index (κ2) is 7.97. The van der Waals surface area contributed by atoms with Crippen LogP contribution in [0.15, 0.2) is 62.6 Å². The van der Waals surface area contributed by atoms with Crippen molar-refractivity contribution in [2.75, 3.05) is 7.11 Å². The molecule has 132 valence electrons. The summed E-state index contributed by atoms with van der Waals surface area (Å²) in [6.45, 7) is 1.69. The minimum absolute atomic E-state index is 0.356. The maximum Gasteiger partial charge on any atom is 0.277 e. The van der Waals surface area contributed by atoms with Gasteiger partial charge < -0.3 is 9.26 Å². The van der Waals surface area contributed by atoms with Gasteiger partial charge in [0.2, 0.25) is 0 Å². The molecule has 2 aromatic carbocycles. The number of methoxy groups -OCH3 is 1. The number of rotatable bonds is 5. The Labute approximate surface area is 159 Å². The van der Waals surface area contributed by atoms with Gasteiger partial charge in [0.05, 0.1) is 13.3 Å². The Morgan fingerprint density at radius 1 is 1.27 bits per heavy atom. The van der Waals surface area contributed by atoms with Crippen molar-refractivity contribution >= 4 is 28.1 Å². The Hall–Kier alpha value is -2.93. The van der Waals surface area contributed by atoms with E-state index in [-0.39, 0.29) is 0 Å². The molecule has 0 radical (unpaired) electrons. The predicted octanol–water partition coefficient (Wildman–Crippen LogP) is 4.19. The number of hydrogen-bond donors (Lipinski definition) is 1. The zero-order valence-electron chi connectivity index (χ0n) is 14.2. The summed E-state index contributed by atoms with van der Waals surface area (Å²) < 4.78 is 11.4. The van der Waals surface area contributed by atoms with Crippen molar-refractivity contribution in [3.05, 3.63) is 69.9 Å². The van der Waals surface area contributed by atoms with Crippen molar-refractivity contribution in [3.8, 4) is 17.0 Å². The van der Waals surface area contributed by atoms with Crippen molar-refractivity contribution in [2.24, 2.45) is 5.10 Å². The number of carbonyl (C=O) groups excluding carboxylic acids is 1. The maximum atomic E-state index is 12.6. The summed E-state index contributed by atoms with van der Waals surface area (Å²) in [5.41, 5.74) is 4.88. The molecule has 0 saturated carbocycles. The van der Waals surface area contributed by atoms with Gasteiger partial charge in [-0.05, 0) is 25.1 Å². The molecule has 0 spiro atoms. The second-order valence-corrected chi connectivity index (χ2v) is 6.33. The molecular weight excluding hydrogens is 398 g/mol. The van der Waals surface area contributed by atoms with Gasteiger partial charge in [-0.2, -0.15) is 5.10 Å². The van der Waals surface area contributed by atoms with Crippen LogP contribution in [0.5, 0.6) is 5.75 Å². The SMILES string of the molecule is COc1ccc(Br)cc1C=NNC(=O)c1c(-c2ccccc2)noc1C. The molecule has 0 bridgehead atoms. The van der Waals surface area contributed by atoms with E-state index >= 15 is 0 Å². The van der Waals surface area contributed by atoms with E-state index in [2.05, 4.69) is 31.6 Å². The molecule has 3 aromatic rings. The molecule has 0 unspecified atom stereocenters. The van der Waals surface area contributed by atoms with Gasteiger partial charge in [0.1, 0.15) is 22.8 Å². The first kappa shape index (κ1) is 17.9. The van der Waals surface area contributed by atoms with Crippen LogP contribution < -0.4 is 10.2 Å². The van der Waals surface area contributed by atoms with Crippen molar-refractivity contribution in [3.63, 3.8) is 0 Å². The Bertz CT molecular complexity index is 952. The lowest BCUT2D eigenvalue weighted by molar-refractivity contribution is 0.0954. The third-order valence-corrected chi connectivity index (χ3v) is 4.19.